The third-order valence-electron chi connectivity index (χ3n) is 5.84. The first-order valence-electron chi connectivity index (χ1n) is 10.4. The quantitative estimate of drug-likeness (QED) is 0.763. The monoisotopic (exact) mass is 374 g/mol. The number of rotatable bonds is 6. The van der Waals surface area contributed by atoms with Gasteiger partial charge in [-0.05, 0) is 69.3 Å². The van der Waals surface area contributed by atoms with Crippen LogP contribution in [0, 0.1) is 11.8 Å². The summed E-state index contributed by atoms with van der Waals surface area (Å²) in [6.45, 7) is 9.62. The second-order valence-corrected chi connectivity index (χ2v) is 8.00. The molecule has 2 saturated heterocycles. The number of hydrogen-bond donors (Lipinski definition) is 0. The van der Waals surface area contributed by atoms with Crippen molar-refractivity contribution < 1.29 is 14.3 Å². The molecule has 0 unspecified atom stereocenters. The standard InChI is InChI=1S/C22H34N2O3/c1-4-27-20-8-7-18(14-21(20)26-3)16-23-12-9-19(10-13-23)22(25)24-11-5-6-17(2)15-24/h7-8,14,17,19H,4-6,9-13,15-16H2,1-3H3/t17-/m1/s1. The number of piperidine rings is 2. The lowest BCUT2D eigenvalue weighted by Crippen LogP contribution is -2.45. The van der Waals surface area contributed by atoms with Crippen LogP contribution in [-0.4, -0.2) is 55.6 Å². The highest BCUT2D eigenvalue weighted by Crippen LogP contribution is 2.29. The Kier molecular flexibility index (Phi) is 7.00. The molecule has 0 saturated carbocycles. The summed E-state index contributed by atoms with van der Waals surface area (Å²) in [4.78, 5) is 17.4. The van der Waals surface area contributed by atoms with Crippen LogP contribution in [0.3, 0.4) is 0 Å². The van der Waals surface area contributed by atoms with E-state index in [0.29, 0.717) is 18.4 Å². The molecule has 0 bridgehead atoms. The Bertz CT molecular complexity index is 626. The Balaban J connectivity index is 1.51. The van der Waals surface area contributed by atoms with E-state index in [1.165, 1.54) is 12.0 Å². The molecule has 2 aliphatic rings. The first-order valence-corrected chi connectivity index (χ1v) is 10.4. The minimum Gasteiger partial charge on any atom is -0.493 e. The van der Waals surface area contributed by atoms with Crippen molar-refractivity contribution in [2.75, 3.05) is 39.9 Å². The molecule has 2 heterocycles. The van der Waals surface area contributed by atoms with E-state index in [2.05, 4.69) is 28.9 Å². The van der Waals surface area contributed by atoms with Crippen molar-refractivity contribution in [1.29, 1.82) is 0 Å². The number of amides is 1. The van der Waals surface area contributed by atoms with E-state index in [-0.39, 0.29) is 5.92 Å². The van der Waals surface area contributed by atoms with Crippen molar-refractivity contribution >= 4 is 5.91 Å². The van der Waals surface area contributed by atoms with Gasteiger partial charge in [-0.15, -0.1) is 0 Å². The van der Waals surface area contributed by atoms with Crippen LogP contribution in [0.4, 0.5) is 0 Å². The molecule has 2 aliphatic heterocycles. The van der Waals surface area contributed by atoms with Gasteiger partial charge in [0.1, 0.15) is 0 Å². The molecule has 0 radical (unpaired) electrons. The molecule has 1 atom stereocenters. The van der Waals surface area contributed by atoms with E-state index in [4.69, 9.17) is 9.47 Å². The lowest BCUT2D eigenvalue weighted by Gasteiger charge is -2.37. The van der Waals surface area contributed by atoms with Crippen LogP contribution < -0.4 is 9.47 Å². The Hall–Kier alpha value is -1.75. The smallest absolute Gasteiger partial charge is 0.225 e. The third kappa shape index (κ3) is 5.16. The topological polar surface area (TPSA) is 42.0 Å². The molecule has 1 aromatic rings. The van der Waals surface area contributed by atoms with E-state index in [1.807, 2.05) is 13.0 Å². The van der Waals surface area contributed by atoms with Crippen molar-refractivity contribution in [3.63, 3.8) is 0 Å². The maximum atomic E-state index is 12.8. The average Bonchev–Trinajstić information content (AvgIpc) is 2.69. The largest absolute Gasteiger partial charge is 0.493 e. The minimum absolute atomic E-state index is 0.210. The van der Waals surface area contributed by atoms with Gasteiger partial charge in [0.15, 0.2) is 11.5 Å². The summed E-state index contributed by atoms with van der Waals surface area (Å²) in [7, 11) is 1.68. The van der Waals surface area contributed by atoms with Gasteiger partial charge in [-0.25, -0.2) is 0 Å². The van der Waals surface area contributed by atoms with Crippen LogP contribution in [0.15, 0.2) is 18.2 Å². The van der Waals surface area contributed by atoms with Crippen molar-refractivity contribution in [3.05, 3.63) is 23.8 Å². The van der Waals surface area contributed by atoms with Gasteiger partial charge >= 0.3 is 0 Å². The van der Waals surface area contributed by atoms with E-state index in [0.717, 1.165) is 63.5 Å². The molecular formula is C22H34N2O3. The van der Waals surface area contributed by atoms with Gasteiger partial charge < -0.3 is 14.4 Å². The number of likely N-dealkylation sites (tertiary alicyclic amines) is 2. The van der Waals surface area contributed by atoms with Crippen LogP contribution in [0.25, 0.3) is 0 Å². The van der Waals surface area contributed by atoms with Crippen LogP contribution in [0.2, 0.25) is 0 Å². The molecule has 5 nitrogen and oxygen atoms in total. The summed E-state index contributed by atoms with van der Waals surface area (Å²) in [5.74, 6) is 2.84. The molecule has 3 rings (SSSR count). The molecule has 5 heteroatoms. The maximum absolute atomic E-state index is 12.8. The second-order valence-electron chi connectivity index (χ2n) is 8.00. The van der Waals surface area contributed by atoms with Gasteiger partial charge in [0.2, 0.25) is 5.91 Å². The number of nitrogens with zero attached hydrogens (tertiary/aromatic N) is 2. The highest BCUT2D eigenvalue weighted by Gasteiger charge is 2.30. The van der Waals surface area contributed by atoms with Gasteiger partial charge in [-0.1, -0.05) is 13.0 Å². The Morgan fingerprint density at radius 1 is 1.15 bits per heavy atom. The molecule has 0 aromatic heterocycles. The number of ether oxygens (including phenoxy) is 2. The van der Waals surface area contributed by atoms with Crippen molar-refractivity contribution in [3.8, 4) is 11.5 Å². The van der Waals surface area contributed by atoms with Gasteiger partial charge in [0.25, 0.3) is 0 Å². The normalized spacial score (nSPS) is 21.9. The van der Waals surface area contributed by atoms with Crippen molar-refractivity contribution in [1.82, 2.24) is 9.80 Å². The summed E-state index contributed by atoms with van der Waals surface area (Å²) < 4.78 is 11.1. The summed E-state index contributed by atoms with van der Waals surface area (Å²) in [5.41, 5.74) is 1.23. The number of carbonyl (C=O) groups excluding carboxylic acids is 1. The maximum Gasteiger partial charge on any atom is 0.225 e. The van der Waals surface area contributed by atoms with Gasteiger partial charge in [0.05, 0.1) is 13.7 Å². The van der Waals surface area contributed by atoms with E-state index in [9.17, 15) is 4.79 Å². The van der Waals surface area contributed by atoms with Gasteiger partial charge in [-0.3, -0.25) is 9.69 Å². The highest BCUT2D eigenvalue weighted by atomic mass is 16.5. The molecular weight excluding hydrogens is 340 g/mol. The van der Waals surface area contributed by atoms with Crippen molar-refractivity contribution in [2.45, 2.75) is 46.1 Å². The number of methoxy groups -OCH3 is 1. The SMILES string of the molecule is CCOc1ccc(CN2CCC(C(=O)N3CCC[C@@H](C)C3)CC2)cc1OC. The lowest BCUT2D eigenvalue weighted by molar-refractivity contribution is -0.138. The molecule has 0 spiro atoms. The molecule has 2 fully saturated rings. The summed E-state index contributed by atoms with van der Waals surface area (Å²) in [6, 6.07) is 6.17. The number of carbonyl (C=O) groups is 1. The fourth-order valence-corrected chi connectivity index (χ4v) is 4.33. The number of benzene rings is 1. The summed E-state index contributed by atoms with van der Waals surface area (Å²) in [6.07, 6.45) is 4.36. The van der Waals surface area contributed by atoms with Crippen LogP contribution in [-0.2, 0) is 11.3 Å². The first-order chi connectivity index (χ1) is 13.1. The predicted octanol–water partition coefficient (Wildman–Crippen LogP) is 3.56. The lowest BCUT2D eigenvalue weighted by atomic mass is 9.92. The minimum atomic E-state index is 0.210. The Morgan fingerprint density at radius 2 is 1.93 bits per heavy atom. The summed E-state index contributed by atoms with van der Waals surface area (Å²) >= 11 is 0. The van der Waals surface area contributed by atoms with Gasteiger partial charge in [0, 0.05) is 25.6 Å². The second kappa shape index (κ2) is 9.45. The zero-order chi connectivity index (χ0) is 19.2. The zero-order valence-electron chi connectivity index (χ0n) is 17.1. The summed E-state index contributed by atoms with van der Waals surface area (Å²) in [5, 5.41) is 0. The average molecular weight is 375 g/mol. The Labute approximate surface area is 163 Å². The molecule has 0 N–H and O–H groups in total. The third-order valence-corrected chi connectivity index (χ3v) is 5.84. The van der Waals surface area contributed by atoms with Crippen molar-refractivity contribution in [2.24, 2.45) is 11.8 Å². The number of hydrogen-bond acceptors (Lipinski definition) is 4. The van der Waals surface area contributed by atoms with E-state index in [1.54, 1.807) is 7.11 Å². The van der Waals surface area contributed by atoms with E-state index < -0.39 is 0 Å². The highest BCUT2D eigenvalue weighted by molar-refractivity contribution is 5.79. The van der Waals surface area contributed by atoms with Crippen LogP contribution >= 0.6 is 0 Å². The Morgan fingerprint density at radius 3 is 2.59 bits per heavy atom. The van der Waals surface area contributed by atoms with Crippen LogP contribution in [0.1, 0.15) is 45.1 Å². The fraction of sp³-hybridized carbons (Fsp3) is 0.682. The molecule has 0 aliphatic carbocycles. The molecule has 150 valence electrons. The predicted molar refractivity (Wildman–Crippen MR) is 107 cm³/mol. The molecule has 27 heavy (non-hydrogen) atoms. The molecule has 1 amide bonds. The molecule has 1 aromatic carbocycles. The zero-order valence-corrected chi connectivity index (χ0v) is 17.1. The van der Waals surface area contributed by atoms with Gasteiger partial charge in [-0.2, -0.15) is 0 Å². The van der Waals surface area contributed by atoms with Crippen LogP contribution in [0.5, 0.6) is 11.5 Å². The fourth-order valence-electron chi connectivity index (χ4n) is 4.33. The van der Waals surface area contributed by atoms with E-state index >= 15 is 0 Å². The first kappa shape index (κ1) is 20.0.